The fourth-order valence-corrected chi connectivity index (χ4v) is 2.72. The molecule has 0 aliphatic rings. The van der Waals surface area contributed by atoms with Crippen LogP contribution >= 0.6 is 0 Å². The number of aromatic nitrogens is 4. The van der Waals surface area contributed by atoms with Crippen molar-refractivity contribution in [1.29, 1.82) is 0 Å². The van der Waals surface area contributed by atoms with Gasteiger partial charge in [-0.05, 0) is 19.4 Å². The van der Waals surface area contributed by atoms with E-state index in [9.17, 15) is 4.79 Å². The molecular weight excluding hydrogens is 318 g/mol. The summed E-state index contributed by atoms with van der Waals surface area (Å²) >= 11 is 0. The average molecular weight is 339 g/mol. The quantitative estimate of drug-likeness (QED) is 0.665. The Hall–Kier alpha value is -2.96. The molecule has 1 unspecified atom stereocenters. The second-order valence-corrected chi connectivity index (χ2v) is 6.01. The molecule has 0 bridgehead atoms. The Balaban J connectivity index is 1.95. The van der Waals surface area contributed by atoms with Crippen LogP contribution in [0.15, 0.2) is 36.8 Å². The summed E-state index contributed by atoms with van der Waals surface area (Å²) in [5.74, 6) is 0.403. The van der Waals surface area contributed by atoms with Crippen LogP contribution in [0.25, 0.3) is 11.0 Å². The molecule has 0 spiro atoms. The van der Waals surface area contributed by atoms with Crippen LogP contribution in [-0.4, -0.2) is 39.9 Å². The maximum Gasteiger partial charge on any atom is 0.327 e. The predicted octanol–water partition coefficient (Wildman–Crippen LogP) is 2.51. The summed E-state index contributed by atoms with van der Waals surface area (Å²) in [6.07, 6.45) is 3.18. The molecular formula is C18H21N5O2. The van der Waals surface area contributed by atoms with Crippen molar-refractivity contribution >= 4 is 22.8 Å². The molecule has 2 aromatic heterocycles. The highest BCUT2D eigenvalue weighted by Crippen LogP contribution is 2.29. The van der Waals surface area contributed by atoms with E-state index in [0.717, 1.165) is 11.2 Å². The Morgan fingerprint density at radius 1 is 1.28 bits per heavy atom. The van der Waals surface area contributed by atoms with Crippen LogP contribution in [0.4, 0.5) is 5.82 Å². The number of benzene rings is 1. The topological polar surface area (TPSA) is 73.1 Å². The molecule has 0 amide bonds. The van der Waals surface area contributed by atoms with Gasteiger partial charge in [-0.2, -0.15) is 5.10 Å². The van der Waals surface area contributed by atoms with E-state index in [0.29, 0.717) is 5.65 Å². The normalized spacial score (nSPS) is 12.2. The number of methoxy groups -OCH3 is 1. The lowest BCUT2D eigenvalue weighted by atomic mass is 10.1. The van der Waals surface area contributed by atoms with E-state index in [4.69, 9.17) is 4.74 Å². The summed E-state index contributed by atoms with van der Waals surface area (Å²) in [5, 5.41) is 5.06. The lowest BCUT2D eigenvalue weighted by molar-refractivity contribution is -0.141. The highest BCUT2D eigenvalue weighted by molar-refractivity contribution is 5.87. The summed E-state index contributed by atoms with van der Waals surface area (Å²) < 4.78 is 6.23. The van der Waals surface area contributed by atoms with Crippen LogP contribution in [0.2, 0.25) is 0 Å². The fourth-order valence-electron chi connectivity index (χ4n) is 2.72. The van der Waals surface area contributed by atoms with Crippen molar-refractivity contribution in [3.63, 3.8) is 0 Å². The number of esters is 1. The molecule has 0 radical (unpaired) electrons. The number of carbonyl (C=O) groups is 1. The van der Waals surface area contributed by atoms with Gasteiger partial charge >= 0.3 is 5.97 Å². The van der Waals surface area contributed by atoms with Crippen LogP contribution < -0.4 is 4.90 Å². The van der Waals surface area contributed by atoms with Crippen LogP contribution in [0.1, 0.15) is 24.1 Å². The summed E-state index contributed by atoms with van der Waals surface area (Å²) in [7, 11) is 3.34. The van der Waals surface area contributed by atoms with Crippen molar-refractivity contribution in [3.05, 3.63) is 47.9 Å². The number of nitrogens with zero attached hydrogens (tertiary/aromatic N) is 5. The molecule has 3 rings (SSSR count). The number of rotatable bonds is 5. The summed E-state index contributed by atoms with van der Waals surface area (Å²) in [6.45, 7) is 4.22. The van der Waals surface area contributed by atoms with Gasteiger partial charge in [-0.15, -0.1) is 0 Å². The minimum Gasteiger partial charge on any atom is -0.468 e. The molecule has 25 heavy (non-hydrogen) atoms. The molecule has 7 heteroatoms. The van der Waals surface area contributed by atoms with Gasteiger partial charge in [0.05, 0.1) is 24.7 Å². The zero-order valence-corrected chi connectivity index (χ0v) is 14.8. The molecule has 1 aromatic carbocycles. The van der Waals surface area contributed by atoms with Crippen molar-refractivity contribution in [2.24, 2.45) is 0 Å². The zero-order valence-electron chi connectivity index (χ0n) is 14.8. The van der Waals surface area contributed by atoms with E-state index >= 15 is 0 Å². The number of fused-ring (bicyclic) bond motifs is 1. The Bertz CT molecular complexity index is 888. The smallest absolute Gasteiger partial charge is 0.327 e. The maximum absolute atomic E-state index is 11.5. The second kappa shape index (κ2) is 6.88. The third-order valence-corrected chi connectivity index (χ3v) is 4.39. The number of anilines is 1. The Morgan fingerprint density at radius 3 is 2.68 bits per heavy atom. The molecule has 7 nitrogen and oxygen atoms in total. The van der Waals surface area contributed by atoms with Crippen molar-refractivity contribution in [2.45, 2.75) is 26.4 Å². The third kappa shape index (κ3) is 3.31. The summed E-state index contributed by atoms with van der Waals surface area (Å²) in [4.78, 5) is 22.3. The second-order valence-electron chi connectivity index (χ2n) is 6.01. The van der Waals surface area contributed by atoms with E-state index in [1.165, 1.54) is 29.2 Å². The van der Waals surface area contributed by atoms with Crippen LogP contribution in [0.3, 0.4) is 0 Å². The van der Waals surface area contributed by atoms with E-state index < -0.39 is 0 Å². The zero-order chi connectivity index (χ0) is 18.0. The van der Waals surface area contributed by atoms with Gasteiger partial charge in [-0.1, -0.05) is 29.8 Å². The number of carbonyl (C=O) groups excluding carboxylic acids is 1. The lowest BCUT2D eigenvalue weighted by Gasteiger charge is -2.26. The molecule has 2 heterocycles. The molecule has 3 aromatic rings. The fraction of sp³-hybridized carbons (Fsp3) is 0.333. The summed E-state index contributed by atoms with van der Waals surface area (Å²) in [5.41, 5.74) is 3.03. The van der Waals surface area contributed by atoms with Gasteiger partial charge in [0.25, 0.3) is 0 Å². The standard InChI is InChI=1S/C18H21N5O2/c1-12-5-7-14(8-6-12)13(2)22(3)17-15-9-21-23(10-16(24)25-4)18(15)20-11-19-17/h5-9,11,13H,10H2,1-4H3. The van der Waals surface area contributed by atoms with E-state index in [-0.39, 0.29) is 18.6 Å². The minimum absolute atomic E-state index is 0.0215. The highest BCUT2D eigenvalue weighted by atomic mass is 16.5. The van der Waals surface area contributed by atoms with Gasteiger partial charge in [-0.25, -0.2) is 14.6 Å². The SMILES string of the molecule is COC(=O)Cn1ncc2c(N(C)C(C)c3ccc(C)cc3)ncnc21. The first kappa shape index (κ1) is 16.9. The van der Waals surface area contributed by atoms with Gasteiger partial charge in [-0.3, -0.25) is 4.79 Å². The minimum atomic E-state index is -0.369. The van der Waals surface area contributed by atoms with Crippen LogP contribution in [0, 0.1) is 6.92 Å². The largest absolute Gasteiger partial charge is 0.468 e. The predicted molar refractivity (Wildman–Crippen MR) is 95.3 cm³/mol. The van der Waals surface area contributed by atoms with E-state index in [1.54, 1.807) is 6.20 Å². The first-order valence-corrected chi connectivity index (χ1v) is 8.04. The Labute approximate surface area is 146 Å². The van der Waals surface area contributed by atoms with Crippen molar-refractivity contribution < 1.29 is 9.53 Å². The van der Waals surface area contributed by atoms with Crippen molar-refractivity contribution in [3.8, 4) is 0 Å². The van der Waals surface area contributed by atoms with Gasteiger partial charge < -0.3 is 9.64 Å². The van der Waals surface area contributed by atoms with Crippen molar-refractivity contribution in [1.82, 2.24) is 19.7 Å². The third-order valence-electron chi connectivity index (χ3n) is 4.39. The number of ether oxygens (including phenoxy) is 1. The molecule has 0 saturated heterocycles. The molecule has 0 aliphatic heterocycles. The first-order chi connectivity index (χ1) is 12.0. The molecule has 0 aliphatic carbocycles. The van der Waals surface area contributed by atoms with Gasteiger partial charge in [0.2, 0.25) is 0 Å². The Morgan fingerprint density at radius 2 is 2.00 bits per heavy atom. The number of aryl methyl sites for hydroxylation is 1. The van der Waals surface area contributed by atoms with Gasteiger partial charge in [0, 0.05) is 7.05 Å². The van der Waals surface area contributed by atoms with Gasteiger partial charge in [0.1, 0.15) is 18.7 Å². The molecule has 0 fully saturated rings. The van der Waals surface area contributed by atoms with Crippen molar-refractivity contribution in [2.75, 3.05) is 19.1 Å². The molecule has 1 atom stereocenters. The van der Waals surface area contributed by atoms with Crippen LogP contribution in [-0.2, 0) is 16.1 Å². The van der Waals surface area contributed by atoms with E-state index in [2.05, 4.69) is 58.1 Å². The lowest BCUT2D eigenvalue weighted by Crippen LogP contribution is -2.23. The average Bonchev–Trinajstić information content (AvgIpc) is 3.04. The summed E-state index contributed by atoms with van der Waals surface area (Å²) in [6, 6.07) is 8.57. The monoisotopic (exact) mass is 339 g/mol. The van der Waals surface area contributed by atoms with Crippen LogP contribution in [0.5, 0.6) is 0 Å². The maximum atomic E-state index is 11.5. The molecule has 130 valence electrons. The van der Waals surface area contributed by atoms with E-state index in [1.807, 2.05) is 7.05 Å². The number of hydrogen-bond donors (Lipinski definition) is 0. The molecule has 0 N–H and O–H groups in total. The first-order valence-electron chi connectivity index (χ1n) is 8.04. The molecule has 0 saturated carbocycles. The van der Waals surface area contributed by atoms with Gasteiger partial charge in [0.15, 0.2) is 5.65 Å². The number of hydrogen-bond acceptors (Lipinski definition) is 6. The Kier molecular flexibility index (Phi) is 4.65. The highest BCUT2D eigenvalue weighted by Gasteiger charge is 2.19.